The quantitative estimate of drug-likeness (QED) is 0.689. The zero-order valence-electron chi connectivity index (χ0n) is 16.2. The van der Waals surface area contributed by atoms with Crippen LogP contribution in [0.25, 0.3) is 22.4 Å². The van der Waals surface area contributed by atoms with Crippen LogP contribution >= 0.6 is 0 Å². The van der Waals surface area contributed by atoms with Gasteiger partial charge in [0, 0.05) is 30.3 Å². The largest absolute Gasteiger partial charge is 0.322 e. The molecule has 1 N–H and O–H groups in total. The van der Waals surface area contributed by atoms with E-state index in [2.05, 4.69) is 22.4 Å². The number of carbonyl (C=O) groups excluding carboxylic acids is 3. The number of benzene rings is 2. The van der Waals surface area contributed by atoms with Crippen LogP contribution in [0.4, 0.5) is 0 Å². The van der Waals surface area contributed by atoms with Crippen LogP contribution in [0.2, 0.25) is 0 Å². The molecule has 6 nitrogen and oxygen atoms in total. The molecule has 30 heavy (non-hydrogen) atoms. The number of fused-ring (bicyclic) bond motifs is 1. The van der Waals surface area contributed by atoms with Crippen molar-refractivity contribution in [3.8, 4) is 22.4 Å². The zero-order chi connectivity index (χ0) is 20.7. The Balaban J connectivity index is 1.44. The van der Waals surface area contributed by atoms with Gasteiger partial charge >= 0.3 is 0 Å². The smallest absolute Gasteiger partial charge is 0.255 e. The molecule has 148 valence electrons. The third-order valence-corrected chi connectivity index (χ3v) is 5.69. The highest BCUT2D eigenvalue weighted by Crippen LogP contribution is 2.31. The van der Waals surface area contributed by atoms with Crippen LogP contribution in [0.15, 0.2) is 66.9 Å². The van der Waals surface area contributed by atoms with Crippen LogP contribution in [0.1, 0.15) is 28.8 Å². The summed E-state index contributed by atoms with van der Waals surface area (Å²) in [5.41, 5.74) is 5.40. The summed E-state index contributed by atoms with van der Waals surface area (Å²) >= 11 is 0. The van der Waals surface area contributed by atoms with Crippen molar-refractivity contribution in [2.75, 3.05) is 0 Å². The fourth-order valence-corrected chi connectivity index (χ4v) is 4.13. The number of carbonyl (C=O) groups is 3. The minimum atomic E-state index is -0.606. The molecule has 5 rings (SSSR count). The van der Waals surface area contributed by atoms with Gasteiger partial charge in [-0.1, -0.05) is 36.4 Å². The molecule has 2 aromatic carbocycles. The Labute approximate surface area is 173 Å². The zero-order valence-corrected chi connectivity index (χ0v) is 16.2. The van der Waals surface area contributed by atoms with Crippen molar-refractivity contribution < 1.29 is 14.4 Å². The molecule has 0 bridgehead atoms. The molecule has 1 unspecified atom stereocenters. The Hall–Kier alpha value is -3.80. The van der Waals surface area contributed by atoms with Crippen molar-refractivity contribution in [1.29, 1.82) is 0 Å². The maximum Gasteiger partial charge on any atom is 0.255 e. The van der Waals surface area contributed by atoms with E-state index in [1.807, 2.05) is 42.5 Å². The Morgan fingerprint density at radius 3 is 2.53 bits per heavy atom. The maximum atomic E-state index is 12.9. The van der Waals surface area contributed by atoms with Crippen LogP contribution < -0.4 is 5.32 Å². The summed E-state index contributed by atoms with van der Waals surface area (Å²) in [4.78, 5) is 42.6. The number of aromatic nitrogens is 1. The fraction of sp³-hybridized carbons (Fsp3) is 0.167. The molecule has 0 saturated carbocycles. The van der Waals surface area contributed by atoms with Gasteiger partial charge in [-0.3, -0.25) is 24.7 Å². The molecule has 0 radical (unpaired) electrons. The van der Waals surface area contributed by atoms with Crippen molar-refractivity contribution in [2.24, 2.45) is 0 Å². The van der Waals surface area contributed by atoms with Crippen LogP contribution in [0.5, 0.6) is 0 Å². The van der Waals surface area contributed by atoms with E-state index in [1.54, 1.807) is 17.2 Å². The van der Waals surface area contributed by atoms with Crippen molar-refractivity contribution in [3.63, 3.8) is 0 Å². The first-order valence-electron chi connectivity index (χ1n) is 9.89. The molecule has 3 amide bonds. The highest BCUT2D eigenvalue weighted by atomic mass is 16.2. The first-order valence-corrected chi connectivity index (χ1v) is 9.89. The predicted molar refractivity (Wildman–Crippen MR) is 111 cm³/mol. The highest BCUT2D eigenvalue weighted by Gasteiger charge is 2.39. The SMILES string of the molecule is O=C1CCC(N2Cc3cc(-c4cc(-c5ccccc5)ccn4)ccc3C2=O)C(=O)N1. The van der Waals surface area contributed by atoms with E-state index in [9.17, 15) is 14.4 Å². The number of piperidine rings is 1. The molecule has 2 aliphatic rings. The second kappa shape index (κ2) is 7.22. The van der Waals surface area contributed by atoms with E-state index < -0.39 is 11.9 Å². The first kappa shape index (κ1) is 18.2. The summed E-state index contributed by atoms with van der Waals surface area (Å²) in [6.45, 7) is 0.354. The maximum absolute atomic E-state index is 12.9. The van der Waals surface area contributed by atoms with E-state index >= 15 is 0 Å². The summed E-state index contributed by atoms with van der Waals surface area (Å²) in [6, 6.07) is 19.2. The van der Waals surface area contributed by atoms with Gasteiger partial charge in [-0.2, -0.15) is 0 Å². The fourth-order valence-electron chi connectivity index (χ4n) is 4.13. The number of hydrogen-bond acceptors (Lipinski definition) is 4. The van der Waals surface area contributed by atoms with Gasteiger partial charge in [0.1, 0.15) is 6.04 Å². The number of nitrogens with one attached hydrogen (secondary N) is 1. The Morgan fingerprint density at radius 2 is 1.73 bits per heavy atom. The first-order chi connectivity index (χ1) is 14.6. The summed E-state index contributed by atoms with van der Waals surface area (Å²) in [6.07, 6.45) is 2.39. The number of rotatable bonds is 3. The summed E-state index contributed by atoms with van der Waals surface area (Å²) in [5.74, 6) is -0.853. The van der Waals surface area contributed by atoms with Crippen LogP contribution in [0, 0.1) is 0 Å². The van der Waals surface area contributed by atoms with Crippen LogP contribution in [0.3, 0.4) is 0 Å². The molecule has 0 aliphatic carbocycles. The van der Waals surface area contributed by atoms with Gasteiger partial charge in [0.05, 0.1) is 5.69 Å². The molecule has 1 atom stereocenters. The summed E-state index contributed by atoms with van der Waals surface area (Å²) in [5, 5.41) is 2.33. The van der Waals surface area contributed by atoms with Gasteiger partial charge < -0.3 is 4.90 Å². The Bertz CT molecular complexity index is 1170. The van der Waals surface area contributed by atoms with Crippen LogP contribution in [-0.4, -0.2) is 33.6 Å². The van der Waals surface area contributed by atoms with E-state index in [4.69, 9.17) is 0 Å². The molecule has 6 heteroatoms. The summed E-state index contributed by atoms with van der Waals surface area (Å²) in [7, 11) is 0. The second-order valence-corrected chi connectivity index (χ2v) is 7.57. The third-order valence-electron chi connectivity index (χ3n) is 5.69. The van der Waals surface area contributed by atoms with E-state index in [0.717, 1.165) is 27.9 Å². The van der Waals surface area contributed by atoms with E-state index in [0.29, 0.717) is 18.5 Å². The van der Waals surface area contributed by atoms with Gasteiger partial charge in [0.2, 0.25) is 11.8 Å². The van der Waals surface area contributed by atoms with Gasteiger partial charge in [0.15, 0.2) is 0 Å². The van der Waals surface area contributed by atoms with Crippen molar-refractivity contribution in [3.05, 3.63) is 78.0 Å². The molecule has 1 saturated heterocycles. The predicted octanol–water partition coefficient (Wildman–Crippen LogP) is 3.18. The lowest BCUT2D eigenvalue weighted by molar-refractivity contribution is -0.136. The summed E-state index contributed by atoms with van der Waals surface area (Å²) < 4.78 is 0. The number of amides is 3. The number of pyridine rings is 1. The number of hydrogen-bond donors (Lipinski definition) is 1. The minimum absolute atomic E-state index is 0.169. The highest BCUT2D eigenvalue weighted by molar-refractivity contribution is 6.05. The Morgan fingerprint density at radius 1 is 0.900 bits per heavy atom. The average Bonchev–Trinajstić information content (AvgIpc) is 3.10. The van der Waals surface area contributed by atoms with Gasteiger partial charge in [0.25, 0.3) is 5.91 Å². The lowest BCUT2D eigenvalue weighted by Crippen LogP contribution is -2.52. The normalized spacial score (nSPS) is 18.3. The molecule has 3 aromatic rings. The third kappa shape index (κ3) is 3.16. The molecule has 2 aliphatic heterocycles. The van der Waals surface area contributed by atoms with Crippen molar-refractivity contribution >= 4 is 17.7 Å². The molecular formula is C24H19N3O3. The molecule has 1 fully saturated rings. The standard InChI is InChI=1S/C24H19N3O3/c28-22-9-8-21(23(29)26-22)27-14-18-12-17(6-7-19(18)24(27)30)20-13-16(10-11-25-20)15-4-2-1-3-5-15/h1-7,10-13,21H,8-9,14H2,(H,26,28,29). The topological polar surface area (TPSA) is 79.4 Å². The van der Waals surface area contributed by atoms with Crippen LogP contribution in [-0.2, 0) is 16.1 Å². The Kier molecular flexibility index (Phi) is 4.39. The molecule has 1 aromatic heterocycles. The number of nitrogens with zero attached hydrogens (tertiary/aromatic N) is 2. The lowest BCUT2D eigenvalue weighted by Gasteiger charge is -2.29. The average molecular weight is 397 g/mol. The van der Waals surface area contributed by atoms with E-state index in [-0.39, 0.29) is 18.2 Å². The van der Waals surface area contributed by atoms with Crippen molar-refractivity contribution in [2.45, 2.75) is 25.4 Å². The van der Waals surface area contributed by atoms with Gasteiger partial charge in [-0.05, 0) is 47.4 Å². The second-order valence-electron chi connectivity index (χ2n) is 7.57. The van der Waals surface area contributed by atoms with Gasteiger partial charge in [-0.15, -0.1) is 0 Å². The number of imide groups is 1. The molecule has 3 heterocycles. The molecular weight excluding hydrogens is 378 g/mol. The molecule has 0 spiro atoms. The monoisotopic (exact) mass is 397 g/mol. The van der Waals surface area contributed by atoms with Gasteiger partial charge in [-0.25, -0.2) is 0 Å². The van der Waals surface area contributed by atoms with E-state index in [1.165, 1.54) is 0 Å². The lowest BCUT2D eigenvalue weighted by atomic mass is 10.0. The van der Waals surface area contributed by atoms with Crippen molar-refractivity contribution in [1.82, 2.24) is 15.2 Å². The minimum Gasteiger partial charge on any atom is -0.322 e.